The Morgan fingerprint density at radius 1 is 1.38 bits per heavy atom. The van der Waals surface area contributed by atoms with E-state index in [1.165, 1.54) is 12.0 Å². The minimum absolute atomic E-state index is 0.388. The largest absolute Gasteiger partial charge is 0.490 e. The Morgan fingerprint density at radius 2 is 2.12 bits per heavy atom. The molecule has 1 aliphatic rings. The van der Waals surface area contributed by atoms with Gasteiger partial charge in [0.05, 0.1) is 0 Å². The van der Waals surface area contributed by atoms with Crippen LogP contribution in [-0.2, 0) is 6.42 Å². The van der Waals surface area contributed by atoms with Gasteiger partial charge >= 0.3 is 0 Å². The van der Waals surface area contributed by atoms with Crippen LogP contribution in [0.4, 0.5) is 0 Å². The fraction of sp³-hybridized carbons (Fsp3) is 0.571. The molecule has 0 saturated heterocycles. The quantitative estimate of drug-likeness (QED) is 0.753. The maximum atomic E-state index is 5.94. The van der Waals surface area contributed by atoms with Crippen molar-refractivity contribution in [1.29, 1.82) is 0 Å². The molecule has 1 aromatic rings. The lowest BCUT2D eigenvalue weighted by Crippen LogP contribution is -2.18. The smallest absolute Gasteiger partial charge is 0.123 e. The molecule has 1 heterocycles. The molecular formula is C14H19BrO. The fourth-order valence-corrected chi connectivity index (χ4v) is 3.12. The third-order valence-electron chi connectivity index (χ3n) is 3.11. The minimum Gasteiger partial charge on any atom is -0.490 e. The van der Waals surface area contributed by atoms with E-state index >= 15 is 0 Å². The zero-order valence-electron chi connectivity index (χ0n) is 9.95. The Hall–Kier alpha value is -0.500. The third-order valence-corrected chi connectivity index (χ3v) is 3.48. The first-order chi connectivity index (χ1) is 7.65. The monoisotopic (exact) mass is 282 g/mol. The van der Waals surface area contributed by atoms with Crippen LogP contribution in [0.15, 0.2) is 24.3 Å². The van der Waals surface area contributed by atoms with Gasteiger partial charge in [-0.25, -0.2) is 0 Å². The van der Waals surface area contributed by atoms with Crippen molar-refractivity contribution < 1.29 is 4.74 Å². The molecule has 0 amide bonds. The average Bonchev–Trinajstić information content (AvgIpc) is 2.57. The molecule has 0 aliphatic carbocycles. The second-order valence-electron chi connectivity index (χ2n) is 4.91. The third kappa shape index (κ3) is 3.00. The van der Waals surface area contributed by atoms with Crippen molar-refractivity contribution in [2.75, 3.05) is 0 Å². The minimum atomic E-state index is 0.388. The van der Waals surface area contributed by atoms with E-state index in [2.05, 4.69) is 48.0 Å². The number of hydrogen-bond donors (Lipinski definition) is 0. The summed E-state index contributed by atoms with van der Waals surface area (Å²) in [6, 6.07) is 8.39. The molecule has 88 valence electrons. The molecule has 1 aliphatic heterocycles. The molecule has 1 nitrogen and oxygen atoms in total. The number of fused-ring (bicyclic) bond motifs is 1. The Labute approximate surface area is 106 Å². The van der Waals surface area contributed by atoms with E-state index in [4.69, 9.17) is 4.74 Å². The molecule has 2 rings (SSSR count). The predicted octanol–water partition coefficient (Wildman–Crippen LogP) is 4.19. The maximum Gasteiger partial charge on any atom is 0.123 e. The van der Waals surface area contributed by atoms with Gasteiger partial charge in [-0.2, -0.15) is 0 Å². The van der Waals surface area contributed by atoms with Gasteiger partial charge in [0.1, 0.15) is 11.9 Å². The van der Waals surface area contributed by atoms with Gasteiger partial charge in [-0.1, -0.05) is 48.0 Å². The molecule has 0 N–H and O–H groups in total. The number of rotatable bonds is 4. The van der Waals surface area contributed by atoms with Gasteiger partial charge < -0.3 is 4.74 Å². The van der Waals surface area contributed by atoms with Gasteiger partial charge in [-0.15, -0.1) is 0 Å². The van der Waals surface area contributed by atoms with Crippen molar-refractivity contribution in [3.8, 4) is 5.75 Å². The molecule has 3 atom stereocenters. The lowest BCUT2D eigenvalue weighted by Gasteiger charge is -2.17. The molecule has 0 bridgehead atoms. The summed E-state index contributed by atoms with van der Waals surface area (Å²) in [6.45, 7) is 4.52. The summed E-state index contributed by atoms with van der Waals surface area (Å²) < 4.78 is 5.94. The molecule has 0 spiro atoms. The molecule has 0 fully saturated rings. The van der Waals surface area contributed by atoms with Crippen molar-refractivity contribution >= 4 is 15.9 Å². The highest BCUT2D eigenvalue weighted by atomic mass is 79.9. The number of ether oxygens (including phenoxy) is 1. The van der Waals surface area contributed by atoms with Crippen LogP contribution >= 0.6 is 15.9 Å². The van der Waals surface area contributed by atoms with Gasteiger partial charge in [0.2, 0.25) is 0 Å². The fourth-order valence-electron chi connectivity index (χ4n) is 2.48. The highest BCUT2D eigenvalue weighted by molar-refractivity contribution is 9.09. The molecule has 16 heavy (non-hydrogen) atoms. The molecule has 0 saturated carbocycles. The SMILES string of the molecule is CC(Br)CC(C)CC1Cc2ccccc2O1. The lowest BCUT2D eigenvalue weighted by atomic mass is 9.96. The molecule has 2 heteroatoms. The second-order valence-corrected chi connectivity index (χ2v) is 6.47. The van der Waals surface area contributed by atoms with Crippen molar-refractivity contribution in [1.82, 2.24) is 0 Å². The summed E-state index contributed by atoms with van der Waals surface area (Å²) in [5, 5.41) is 0. The normalized spacial score (nSPS) is 22.3. The van der Waals surface area contributed by atoms with Crippen molar-refractivity contribution in [3.05, 3.63) is 29.8 Å². The summed E-state index contributed by atoms with van der Waals surface area (Å²) in [7, 11) is 0. The van der Waals surface area contributed by atoms with Gasteiger partial charge in [0.15, 0.2) is 0 Å². The van der Waals surface area contributed by atoms with Crippen LogP contribution in [0.1, 0.15) is 32.3 Å². The zero-order chi connectivity index (χ0) is 11.5. The van der Waals surface area contributed by atoms with Crippen LogP contribution in [0.25, 0.3) is 0 Å². The first-order valence-corrected chi connectivity index (χ1v) is 6.95. The van der Waals surface area contributed by atoms with Crippen LogP contribution in [0.5, 0.6) is 5.75 Å². The van der Waals surface area contributed by atoms with Crippen LogP contribution in [-0.4, -0.2) is 10.9 Å². The van der Waals surface area contributed by atoms with Crippen LogP contribution < -0.4 is 4.74 Å². The van der Waals surface area contributed by atoms with E-state index in [1.807, 2.05) is 6.07 Å². The predicted molar refractivity (Wildman–Crippen MR) is 71.3 cm³/mol. The summed E-state index contributed by atoms with van der Waals surface area (Å²) in [4.78, 5) is 0.603. The highest BCUT2D eigenvalue weighted by Gasteiger charge is 2.24. The number of alkyl halides is 1. The van der Waals surface area contributed by atoms with E-state index in [1.54, 1.807) is 0 Å². The summed E-state index contributed by atoms with van der Waals surface area (Å²) in [5.74, 6) is 1.81. The topological polar surface area (TPSA) is 9.23 Å². The highest BCUT2D eigenvalue weighted by Crippen LogP contribution is 2.31. The average molecular weight is 283 g/mol. The van der Waals surface area contributed by atoms with Gasteiger partial charge in [0, 0.05) is 11.2 Å². The second kappa shape index (κ2) is 5.22. The van der Waals surface area contributed by atoms with E-state index in [-0.39, 0.29) is 0 Å². The van der Waals surface area contributed by atoms with Gasteiger partial charge in [-0.3, -0.25) is 0 Å². The number of hydrogen-bond acceptors (Lipinski definition) is 1. The maximum absolute atomic E-state index is 5.94. The van der Waals surface area contributed by atoms with Crippen molar-refractivity contribution in [3.63, 3.8) is 0 Å². The first-order valence-electron chi connectivity index (χ1n) is 6.03. The van der Waals surface area contributed by atoms with E-state index in [0.29, 0.717) is 16.8 Å². The number of benzene rings is 1. The Balaban J connectivity index is 1.87. The van der Waals surface area contributed by atoms with Crippen LogP contribution in [0.3, 0.4) is 0 Å². The van der Waals surface area contributed by atoms with Crippen molar-refractivity contribution in [2.45, 2.75) is 44.0 Å². The van der Waals surface area contributed by atoms with Gasteiger partial charge in [-0.05, 0) is 30.4 Å². The van der Waals surface area contributed by atoms with Crippen LogP contribution in [0.2, 0.25) is 0 Å². The van der Waals surface area contributed by atoms with E-state index < -0.39 is 0 Å². The number of halogens is 1. The molecule has 1 aromatic carbocycles. The number of para-hydroxylation sites is 1. The Bertz CT molecular complexity index is 323. The van der Waals surface area contributed by atoms with E-state index in [9.17, 15) is 0 Å². The molecular weight excluding hydrogens is 264 g/mol. The standard InChI is InChI=1S/C14H19BrO/c1-10(7-11(2)15)8-13-9-12-5-3-4-6-14(12)16-13/h3-6,10-11,13H,7-9H2,1-2H3. The summed E-state index contributed by atoms with van der Waals surface area (Å²) >= 11 is 3.61. The van der Waals surface area contributed by atoms with Crippen molar-refractivity contribution in [2.24, 2.45) is 5.92 Å². The Kier molecular flexibility index (Phi) is 3.91. The summed E-state index contributed by atoms with van der Waals surface area (Å²) in [5.41, 5.74) is 1.37. The van der Waals surface area contributed by atoms with E-state index in [0.717, 1.165) is 18.6 Å². The zero-order valence-corrected chi connectivity index (χ0v) is 11.5. The summed E-state index contributed by atoms with van der Waals surface area (Å²) in [6.07, 6.45) is 3.84. The Morgan fingerprint density at radius 3 is 2.81 bits per heavy atom. The molecule has 0 aromatic heterocycles. The molecule has 0 radical (unpaired) electrons. The lowest BCUT2D eigenvalue weighted by molar-refractivity contribution is 0.195. The molecule has 3 unspecified atom stereocenters. The van der Waals surface area contributed by atoms with Gasteiger partial charge in [0.25, 0.3) is 0 Å². The van der Waals surface area contributed by atoms with Crippen LogP contribution in [0, 0.1) is 5.92 Å². The first kappa shape index (κ1) is 12.0.